The lowest BCUT2D eigenvalue weighted by molar-refractivity contribution is 0.0734. The Bertz CT molecular complexity index is 1260. The van der Waals surface area contributed by atoms with Gasteiger partial charge in [-0.3, -0.25) is 0 Å². The van der Waals surface area contributed by atoms with Crippen LogP contribution in [-0.4, -0.2) is 28.7 Å². The van der Waals surface area contributed by atoms with Crippen molar-refractivity contribution in [1.29, 1.82) is 0 Å². The van der Waals surface area contributed by atoms with Crippen LogP contribution in [-0.2, 0) is 19.3 Å². The summed E-state index contributed by atoms with van der Waals surface area (Å²) in [5, 5.41) is 0. The van der Waals surface area contributed by atoms with Gasteiger partial charge in [-0.1, -0.05) is 108 Å². The van der Waals surface area contributed by atoms with Crippen LogP contribution in [0.25, 0.3) is 0 Å². The minimum Gasteiger partial charge on any atom is -0.490 e. The molecule has 0 spiro atoms. The van der Waals surface area contributed by atoms with E-state index < -0.39 is 27.9 Å². The largest absolute Gasteiger partial charge is 0.490 e. The molecule has 0 N–H and O–H groups in total. The van der Waals surface area contributed by atoms with Crippen molar-refractivity contribution in [2.24, 2.45) is 5.92 Å². The van der Waals surface area contributed by atoms with Crippen molar-refractivity contribution in [3.63, 3.8) is 0 Å². The van der Waals surface area contributed by atoms with E-state index in [-0.39, 0.29) is 11.3 Å². The molecule has 0 saturated heterocycles. The van der Waals surface area contributed by atoms with Crippen molar-refractivity contribution in [2.75, 3.05) is 6.61 Å². The van der Waals surface area contributed by atoms with Gasteiger partial charge in [0.2, 0.25) is 0 Å². The Morgan fingerprint density at radius 3 is 1.93 bits per heavy atom. The molecule has 0 unspecified atom stereocenters. The van der Waals surface area contributed by atoms with Crippen LogP contribution in [0.2, 0.25) is 44.4 Å². The molecule has 0 heterocycles. The van der Waals surface area contributed by atoms with Crippen LogP contribution in [0.15, 0.2) is 66.7 Å². The van der Waals surface area contributed by atoms with Crippen molar-refractivity contribution < 1.29 is 18.7 Å². The molecule has 0 aliphatic carbocycles. The molecule has 3 aromatic rings. The highest BCUT2D eigenvalue weighted by molar-refractivity contribution is 6.94. The van der Waals surface area contributed by atoms with Crippen LogP contribution in [0.3, 0.4) is 0 Å². The third-order valence-electron chi connectivity index (χ3n) is 7.82. The van der Waals surface area contributed by atoms with Crippen LogP contribution in [0.1, 0.15) is 60.2 Å². The van der Waals surface area contributed by atoms with Gasteiger partial charge in [-0.05, 0) is 78.6 Å². The van der Waals surface area contributed by atoms with Gasteiger partial charge in [-0.15, -0.1) is 0 Å². The second kappa shape index (κ2) is 15.7. The number of unbranched alkanes of at least 4 members (excludes halogenated alkanes) is 1. The second-order valence-electron chi connectivity index (χ2n) is 13.9. The number of carbonyl (C=O) groups is 1. The van der Waals surface area contributed by atoms with Crippen LogP contribution in [0.5, 0.6) is 11.5 Å². The Hall–Kier alpha value is -2.71. The number of halogens is 1. The highest BCUT2D eigenvalue weighted by Crippen LogP contribution is 2.26. The molecule has 0 saturated carbocycles. The van der Waals surface area contributed by atoms with Crippen LogP contribution < -0.4 is 9.47 Å². The lowest BCUT2D eigenvalue weighted by Crippen LogP contribution is -2.37. The molecule has 0 aromatic heterocycles. The van der Waals surface area contributed by atoms with Crippen LogP contribution >= 0.6 is 0 Å². The summed E-state index contributed by atoms with van der Waals surface area (Å²) in [6.07, 6.45) is 6.63. The number of carbonyl (C=O) groups excluding carboxylic acids is 1. The molecule has 0 fully saturated rings. The molecule has 0 radical (unpaired) electrons. The van der Waals surface area contributed by atoms with Crippen molar-refractivity contribution in [2.45, 2.75) is 96.8 Å². The van der Waals surface area contributed by atoms with Gasteiger partial charge in [0.25, 0.3) is 0 Å². The van der Waals surface area contributed by atoms with Gasteiger partial charge in [0.1, 0.15) is 5.75 Å². The highest BCUT2D eigenvalue weighted by atomic mass is 28.4. The summed E-state index contributed by atoms with van der Waals surface area (Å²) >= 11 is 0. The van der Waals surface area contributed by atoms with E-state index >= 15 is 0 Å². The smallest absolute Gasteiger partial charge is 0.343 e. The van der Waals surface area contributed by atoms with E-state index in [4.69, 9.17) is 9.47 Å². The Morgan fingerprint density at radius 2 is 1.38 bits per heavy atom. The van der Waals surface area contributed by atoms with E-state index in [9.17, 15) is 9.18 Å². The first-order valence-corrected chi connectivity index (χ1v) is 22.8. The number of rotatable bonds is 16. The lowest BCUT2D eigenvalue weighted by atomic mass is 10.0. The molecule has 0 aliphatic rings. The summed E-state index contributed by atoms with van der Waals surface area (Å²) in [6.45, 7) is 17.2. The van der Waals surface area contributed by atoms with Gasteiger partial charge in [0.05, 0.1) is 12.2 Å². The molecule has 228 valence electrons. The Morgan fingerprint density at radius 1 is 0.810 bits per heavy atom. The van der Waals surface area contributed by atoms with Crippen LogP contribution in [0.4, 0.5) is 4.39 Å². The number of ether oxygens (including phenoxy) is 2. The Kier molecular flexibility index (Phi) is 12.6. The van der Waals surface area contributed by atoms with Gasteiger partial charge >= 0.3 is 5.97 Å². The molecule has 0 bridgehead atoms. The first kappa shape index (κ1) is 33.8. The third kappa shape index (κ3) is 11.9. The molecule has 1 atom stereocenters. The van der Waals surface area contributed by atoms with Gasteiger partial charge in [-0.2, -0.15) is 0 Å². The molecule has 3 nitrogen and oxygen atoms in total. The number of hydrogen-bond donors (Lipinski definition) is 0. The zero-order chi connectivity index (χ0) is 30.8. The fourth-order valence-corrected chi connectivity index (χ4v) is 19.0. The van der Waals surface area contributed by atoms with Gasteiger partial charge in [0.15, 0.2) is 11.6 Å². The van der Waals surface area contributed by atoms with Gasteiger partial charge in [-0.25, -0.2) is 9.18 Å². The number of benzene rings is 3. The lowest BCUT2D eigenvalue weighted by Gasteiger charge is -2.29. The average Bonchev–Trinajstić information content (AvgIpc) is 2.93. The first-order chi connectivity index (χ1) is 19.8. The molecule has 42 heavy (non-hydrogen) atoms. The minimum absolute atomic E-state index is 0.152. The fraction of sp³-hybridized carbons (Fsp3) is 0.472. The molecule has 0 aliphatic heterocycles. The number of hydrogen-bond acceptors (Lipinski definition) is 3. The first-order valence-electron chi connectivity index (χ1n) is 15.6. The molecular weight excluding hydrogens is 556 g/mol. The summed E-state index contributed by atoms with van der Waals surface area (Å²) < 4.78 is 25.4. The van der Waals surface area contributed by atoms with Crippen molar-refractivity contribution >= 4 is 22.1 Å². The van der Waals surface area contributed by atoms with Crippen LogP contribution in [0, 0.1) is 11.7 Å². The summed E-state index contributed by atoms with van der Waals surface area (Å²) in [4.78, 5) is 12.6. The monoisotopic (exact) mass is 606 g/mol. The van der Waals surface area contributed by atoms with Gasteiger partial charge < -0.3 is 9.47 Å². The molecule has 0 amide bonds. The zero-order valence-corrected chi connectivity index (χ0v) is 28.9. The maximum absolute atomic E-state index is 14.4. The molecule has 3 rings (SSSR count). The number of aryl methyl sites for hydroxylation is 3. The molecule has 6 heteroatoms. The van der Waals surface area contributed by atoms with Crippen molar-refractivity contribution in [3.05, 3.63) is 94.8 Å². The SMILES string of the molecule is CC[C@H](C)COc1ccc(C(=O)Oc2ccc(CCc3ccc(CCCC[Si](C)(C)C[Si](C)(C)C)cc3)cc2)cc1F. The summed E-state index contributed by atoms with van der Waals surface area (Å²) in [5.74, 6) is -0.223. The topological polar surface area (TPSA) is 35.5 Å². The zero-order valence-electron chi connectivity index (χ0n) is 26.9. The highest BCUT2D eigenvalue weighted by Gasteiger charge is 2.27. The maximum atomic E-state index is 14.4. The molecular formula is C36H51FO3Si2. The predicted octanol–water partition coefficient (Wildman–Crippen LogP) is 10.2. The quantitative estimate of drug-likeness (QED) is 0.0704. The summed E-state index contributed by atoms with van der Waals surface area (Å²) in [7, 11) is -2.01. The maximum Gasteiger partial charge on any atom is 0.343 e. The van der Waals surface area contributed by atoms with E-state index in [2.05, 4.69) is 63.9 Å². The van der Waals surface area contributed by atoms with Crippen molar-refractivity contribution in [3.8, 4) is 11.5 Å². The Balaban J connectivity index is 1.42. The summed E-state index contributed by atoms with van der Waals surface area (Å²) in [6, 6.07) is 22.3. The third-order valence-corrected chi connectivity index (χ3v) is 17.6. The second-order valence-corrected chi connectivity index (χ2v) is 25.3. The van der Waals surface area contributed by atoms with E-state index in [1.165, 1.54) is 65.9 Å². The average molecular weight is 607 g/mol. The van der Waals surface area contributed by atoms with E-state index in [1.54, 1.807) is 12.1 Å². The summed E-state index contributed by atoms with van der Waals surface area (Å²) in [5.41, 5.74) is 5.63. The van der Waals surface area contributed by atoms with E-state index in [0.29, 0.717) is 18.3 Å². The number of esters is 1. The predicted molar refractivity (Wildman–Crippen MR) is 180 cm³/mol. The normalized spacial score (nSPS) is 12.7. The van der Waals surface area contributed by atoms with E-state index in [0.717, 1.165) is 19.3 Å². The standard InChI is InChI=1S/C36H51FO3Si2/c1-8-28(2)26-39-35-23-20-32(25-34(35)37)36(38)40-33-21-18-31(19-22-33)17-16-30-14-12-29(13-15-30)11-9-10-24-42(6,7)27-41(3,4)5/h12-15,18-23,25,28H,8-11,16-17,24,26-27H2,1-7H3/t28-/m0/s1. The van der Waals surface area contributed by atoms with Gasteiger partial charge in [0, 0.05) is 16.1 Å². The minimum atomic E-state index is -1.05. The van der Waals surface area contributed by atoms with E-state index in [1.807, 2.05) is 19.1 Å². The fourth-order valence-electron chi connectivity index (χ4n) is 5.60. The van der Waals surface area contributed by atoms with Crippen molar-refractivity contribution in [1.82, 2.24) is 0 Å². The molecule has 3 aromatic carbocycles. The Labute approximate surface area is 255 Å².